The van der Waals surface area contributed by atoms with E-state index in [1.807, 2.05) is 48.8 Å². The fraction of sp³-hybridized carbons (Fsp3) is 0.188. The van der Waals surface area contributed by atoms with E-state index >= 15 is 0 Å². The van der Waals surface area contributed by atoms with Crippen LogP contribution in [0.4, 0.5) is 5.82 Å². The van der Waals surface area contributed by atoms with Crippen LogP contribution in [0.15, 0.2) is 48.0 Å². The SMILES string of the molecule is Cc1nc(CC(=O)Nc2ccn(Cc3ccccc3)n2)cs1. The Bertz CT molecular complexity index is 763. The van der Waals surface area contributed by atoms with Gasteiger partial charge in [-0.2, -0.15) is 5.10 Å². The molecule has 0 saturated carbocycles. The number of amides is 1. The fourth-order valence-electron chi connectivity index (χ4n) is 2.13. The summed E-state index contributed by atoms with van der Waals surface area (Å²) in [5.41, 5.74) is 1.96. The number of carbonyl (C=O) groups is 1. The number of nitrogens with zero attached hydrogens (tertiary/aromatic N) is 3. The molecular formula is C16H16N4OS. The molecule has 0 fully saturated rings. The van der Waals surface area contributed by atoms with Crippen molar-refractivity contribution < 1.29 is 4.79 Å². The highest BCUT2D eigenvalue weighted by Gasteiger charge is 2.08. The van der Waals surface area contributed by atoms with Crippen molar-refractivity contribution >= 4 is 23.1 Å². The maximum atomic E-state index is 12.0. The first-order valence-corrected chi connectivity index (χ1v) is 7.85. The second-order valence-electron chi connectivity index (χ2n) is 4.97. The Labute approximate surface area is 132 Å². The van der Waals surface area contributed by atoms with Crippen molar-refractivity contribution in [2.45, 2.75) is 19.9 Å². The summed E-state index contributed by atoms with van der Waals surface area (Å²) in [6.07, 6.45) is 2.13. The van der Waals surface area contributed by atoms with Crippen LogP contribution in [0.25, 0.3) is 0 Å². The van der Waals surface area contributed by atoms with Gasteiger partial charge in [-0.3, -0.25) is 9.48 Å². The summed E-state index contributed by atoms with van der Waals surface area (Å²) in [5, 5.41) is 10.0. The predicted molar refractivity (Wildman–Crippen MR) is 87.0 cm³/mol. The zero-order chi connectivity index (χ0) is 15.4. The summed E-state index contributed by atoms with van der Waals surface area (Å²) < 4.78 is 1.80. The van der Waals surface area contributed by atoms with Gasteiger partial charge in [0.15, 0.2) is 5.82 Å². The number of thiazole rings is 1. The molecule has 0 spiro atoms. The van der Waals surface area contributed by atoms with Crippen LogP contribution in [0, 0.1) is 6.92 Å². The zero-order valence-electron chi connectivity index (χ0n) is 12.2. The van der Waals surface area contributed by atoms with Crippen molar-refractivity contribution in [1.29, 1.82) is 0 Å². The van der Waals surface area contributed by atoms with Crippen molar-refractivity contribution in [2.75, 3.05) is 5.32 Å². The maximum absolute atomic E-state index is 12.0. The minimum Gasteiger partial charge on any atom is -0.309 e. The quantitative estimate of drug-likeness (QED) is 0.788. The van der Waals surface area contributed by atoms with E-state index in [1.54, 1.807) is 22.1 Å². The maximum Gasteiger partial charge on any atom is 0.231 e. The van der Waals surface area contributed by atoms with Crippen molar-refractivity contribution in [1.82, 2.24) is 14.8 Å². The Morgan fingerprint density at radius 1 is 1.27 bits per heavy atom. The molecule has 112 valence electrons. The van der Waals surface area contributed by atoms with Crippen molar-refractivity contribution in [2.24, 2.45) is 0 Å². The molecule has 5 nitrogen and oxygen atoms in total. The third kappa shape index (κ3) is 3.79. The molecule has 0 aliphatic carbocycles. The molecule has 0 saturated heterocycles. The van der Waals surface area contributed by atoms with Gasteiger partial charge >= 0.3 is 0 Å². The van der Waals surface area contributed by atoms with Gasteiger partial charge in [0.25, 0.3) is 0 Å². The molecule has 3 rings (SSSR count). The Balaban J connectivity index is 1.58. The van der Waals surface area contributed by atoms with E-state index in [9.17, 15) is 4.79 Å². The lowest BCUT2D eigenvalue weighted by Crippen LogP contribution is -2.15. The van der Waals surface area contributed by atoms with Crippen molar-refractivity contribution in [3.8, 4) is 0 Å². The Morgan fingerprint density at radius 2 is 2.09 bits per heavy atom. The van der Waals surface area contributed by atoms with E-state index in [-0.39, 0.29) is 12.3 Å². The molecule has 0 radical (unpaired) electrons. The summed E-state index contributed by atoms with van der Waals surface area (Å²) >= 11 is 1.55. The van der Waals surface area contributed by atoms with Crippen LogP contribution in [0.5, 0.6) is 0 Å². The zero-order valence-corrected chi connectivity index (χ0v) is 13.0. The summed E-state index contributed by atoms with van der Waals surface area (Å²) in [6, 6.07) is 11.9. The van der Waals surface area contributed by atoms with E-state index in [0.717, 1.165) is 10.7 Å². The normalized spacial score (nSPS) is 10.6. The number of anilines is 1. The van der Waals surface area contributed by atoms with Gasteiger partial charge in [-0.15, -0.1) is 11.3 Å². The minimum atomic E-state index is -0.102. The second-order valence-corrected chi connectivity index (χ2v) is 6.03. The highest BCUT2D eigenvalue weighted by atomic mass is 32.1. The van der Waals surface area contributed by atoms with Gasteiger partial charge in [0, 0.05) is 17.6 Å². The average molecular weight is 312 g/mol. The molecule has 1 aromatic carbocycles. The number of hydrogen-bond donors (Lipinski definition) is 1. The topological polar surface area (TPSA) is 59.8 Å². The molecule has 0 aliphatic heterocycles. The number of rotatable bonds is 5. The van der Waals surface area contributed by atoms with Crippen molar-refractivity contribution in [3.63, 3.8) is 0 Å². The van der Waals surface area contributed by atoms with E-state index in [1.165, 1.54) is 5.56 Å². The van der Waals surface area contributed by atoms with E-state index < -0.39 is 0 Å². The minimum absolute atomic E-state index is 0.102. The molecule has 2 heterocycles. The molecule has 22 heavy (non-hydrogen) atoms. The largest absolute Gasteiger partial charge is 0.309 e. The summed E-state index contributed by atoms with van der Waals surface area (Å²) in [4.78, 5) is 16.2. The van der Waals surface area contributed by atoms with Crippen molar-refractivity contribution in [3.05, 3.63) is 64.2 Å². The third-order valence-electron chi connectivity index (χ3n) is 3.10. The van der Waals surface area contributed by atoms with Crippen LogP contribution in [-0.2, 0) is 17.8 Å². The van der Waals surface area contributed by atoms with Gasteiger partial charge in [-0.05, 0) is 12.5 Å². The van der Waals surface area contributed by atoms with Crippen LogP contribution >= 0.6 is 11.3 Å². The number of aromatic nitrogens is 3. The third-order valence-corrected chi connectivity index (χ3v) is 3.93. The first-order chi connectivity index (χ1) is 10.7. The lowest BCUT2D eigenvalue weighted by Gasteiger charge is -2.02. The van der Waals surface area contributed by atoms with Crippen LogP contribution in [0.1, 0.15) is 16.3 Å². The van der Waals surface area contributed by atoms with Gasteiger partial charge < -0.3 is 5.32 Å². The molecule has 0 atom stereocenters. The number of benzene rings is 1. The highest BCUT2D eigenvalue weighted by molar-refractivity contribution is 7.09. The Kier molecular flexibility index (Phi) is 4.29. The van der Waals surface area contributed by atoms with Crippen LogP contribution in [0.3, 0.4) is 0 Å². The van der Waals surface area contributed by atoms with Gasteiger partial charge in [0.1, 0.15) is 0 Å². The molecule has 3 aromatic rings. The monoisotopic (exact) mass is 312 g/mol. The first-order valence-electron chi connectivity index (χ1n) is 6.97. The number of hydrogen-bond acceptors (Lipinski definition) is 4. The second kappa shape index (κ2) is 6.53. The number of aryl methyl sites for hydroxylation is 1. The van der Waals surface area contributed by atoms with E-state index in [2.05, 4.69) is 15.4 Å². The van der Waals surface area contributed by atoms with Gasteiger partial charge in [-0.25, -0.2) is 4.98 Å². The average Bonchev–Trinajstić information content (AvgIpc) is 3.09. The number of carbonyl (C=O) groups excluding carboxylic acids is 1. The van der Waals surface area contributed by atoms with Crippen LogP contribution < -0.4 is 5.32 Å². The summed E-state index contributed by atoms with van der Waals surface area (Å²) in [7, 11) is 0. The van der Waals surface area contributed by atoms with E-state index in [0.29, 0.717) is 12.4 Å². The molecular weight excluding hydrogens is 296 g/mol. The highest BCUT2D eigenvalue weighted by Crippen LogP contribution is 2.10. The molecule has 1 N–H and O–H groups in total. The lowest BCUT2D eigenvalue weighted by atomic mass is 10.2. The predicted octanol–water partition coefficient (Wildman–Crippen LogP) is 2.88. The smallest absolute Gasteiger partial charge is 0.231 e. The Morgan fingerprint density at radius 3 is 2.82 bits per heavy atom. The first kappa shape index (κ1) is 14.5. The fourth-order valence-corrected chi connectivity index (χ4v) is 2.74. The molecule has 1 amide bonds. The van der Waals surface area contributed by atoms with Gasteiger partial charge in [0.2, 0.25) is 5.91 Å². The van der Waals surface area contributed by atoms with Gasteiger partial charge in [-0.1, -0.05) is 30.3 Å². The lowest BCUT2D eigenvalue weighted by molar-refractivity contribution is -0.115. The molecule has 2 aromatic heterocycles. The molecule has 0 aliphatic rings. The Hall–Kier alpha value is -2.47. The van der Waals surface area contributed by atoms with Gasteiger partial charge in [0.05, 0.1) is 23.7 Å². The summed E-state index contributed by atoms with van der Waals surface area (Å²) in [6.45, 7) is 2.61. The standard InChI is InChI=1S/C16H16N4OS/c1-12-17-14(11-22-12)9-16(21)18-15-7-8-20(19-15)10-13-5-3-2-4-6-13/h2-8,11H,9-10H2,1H3,(H,18,19,21). The van der Waals surface area contributed by atoms with Crippen LogP contribution in [-0.4, -0.2) is 20.7 Å². The summed E-state index contributed by atoms with van der Waals surface area (Å²) in [5.74, 6) is 0.461. The molecule has 0 unspecified atom stereocenters. The van der Waals surface area contributed by atoms with E-state index in [4.69, 9.17) is 0 Å². The molecule has 0 bridgehead atoms. The molecule has 6 heteroatoms. The van der Waals surface area contributed by atoms with Crippen LogP contribution in [0.2, 0.25) is 0 Å². The number of nitrogens with one attached hydrogen (secondary N) is 1.